The molecule has 1 rings (SSSR count). The van der Waals surface area contributed by atoms with Crippen molar-refractivity contribution in [3.8, 4) is 0 Å². The molecule has 3 nitrogen and oxygen atoms in total. The van der Waals surface area contributed by atoms with E-state index in [2.05, 4.69) is 4.99 Å². The highest BCUT2D eigenvalue weighted by Crippen LogP contribution is 2.25. The molecule has 1 atom stereocenters. The van der Waals surface area contributed by atoms with Crippen LogP contribution < -0.4 is 11.5 Å². The van der Waals surface area contributed by atoms with Gasteiger partial charge in [0.05, 0.1) is 11.4 Å². The molecule has 1 aromatic carbocycles. The smallest absolute Gasteiger partial charge is 0.0870 e. The highest BCUT2D eigenvalue weighted by molar-refractivity contribution is 6.31. The van der Waals surface area contributed by atoms with Gasteiger partial charge in [0.15, 0.2) is 0 Å². The first-order valence-electron chi connectivity index (χ1n) is 3.94. The van der Waals surface area contributed by atoms with Crippen molar-refractivity contribution in [2.24, 2.45) is 10.7 Å². The van der Waals surface area contributed by atoms with E-state index in [4.69, 9.17) is 23.1 Å². The molecule has 0 heterocycles. The Morgan fingerprint density at radius 2 is 2.23 bits per heavy atom. The van der Waals surface area contributed by atoms with Crippen molar-refractivity contribution < 1.29 is 0 Å². The summed E-state index contributed by atoms with van der Waals surface area (Å²) in [5.74, 6) is 0. The first kappa shape index (κ1) is 10.0. The number of nitrogens with zero attached hydrogens (tertiary/aromatic N) is 1. The summed E-state index contributed by atoms with van der Waals surface area (Å²) < 4.78 is 0. The van der Waals surface area contributed by atoms with Crippen LogP contribution in [0, 0.1) is 0 Å². The minimum atomic E-state index is -0.0848. The van der Waals surface area contributed by atoms with E-state index >= 15 is 0 Å². The Balaban J connectivity index is 2.93. The van der Waals surface area contributed by atoms with Crippen LogP contribution in [0.1, 0.15) is 6.92 Å². The third kappa shape index (κ3) is 3.05. The fraction of sp³-hybridized carbons (Fsp3) is 0.222. The molecule has 0 fully saturated rings. The van der Waals surface area contributed by atoms with Crippen molar-refractivity contribution in [1.29, 1.82) is 0 Å². The lowest BCUT2D eigenvalue weighted by atomic mass is 10.3. The van der Waals surface area contributed by atoms with Gasteiger partial charge in [-0.2, -0.15) is 0 Å². The van der Waals surface area contributed by atoms with Gasteiger partial charge < -0.3 is 11.5 Å². The van der Waals surface area contributed by atoms with Gasteiger partial charge in [-0.1, -0.05) is 11.6 Å². The summed E-state index contributed by atoms with van der Waals surface area (Å²) in [6, 6.07) is 5.06. The number of hydrogen-bond donors (Lipinski definition) is 2. The second-order valence-electron chi connectivity index (χ2n) is 2.84. The molecule has 0 saturated carbocycles. The second-order valence-corrected chi connectivity index (χ2v) is 3.28. The molecule has 0 bridgehead atoms. The van der Waals surface area contributed by atoms with Gasteiger partial charge in [0, 0.05) is 17.3 Å². The first-order valence-corrected chi connectivity index (χ1v) is 4.32. The van der Waals surface area contributed by atoms with Crippen LogP contribution in [0.2, 0.25) is 5.02 Å². The van der Waals surface area contributed by atoms with Crippen LogP contribution >= 0.6 is 11.6 Å². The number of nitrogen functional groups attached to an aromatic ring is 1. The zero-order chi connectivity index (χ0) is 9.84. The first-order chi connectivity index (χ1) is 6.09. The second kappa shape index (κ2) is 4.25. The quantitative estimate of drug-likeness (QED) is 0.563. The highest BCUT2D eigenvalue weighted by Gasteiger charge is 1.97. The average molecular weight is 198 g/mol. The molecular weight excluding hydrogens is 186 g/mol. The molecule has 0 radical (unpaired) electrons. The Hall–Kier alpha value is -1.06. The molecule has 4 N–H and O–H groups in total. The Kier molecular flexibility index (Phi) is 3.28. The number of aliphatic imine (C=N–C) groups is 1. The number of benzene rings is 1. The summed E-state index contributed by atoms with van der Waals surface area (Å²) in [5, 5.41) is 0.617. The predicted molar refractivity (Wildman–Crippen MR) is 57.7 cm³/mol. The van der Waals surface area contributed by atoms with E-state index in [-0.39, 0.29) is 6.04 Å². The topological polar surface area (TPSA) is 64.4 Å². The monoisotopic (exact) mass is 197 g/mol. The molecular formula is C9H12ClN3. The summed E-state index contributed by atoms with van der Waals surface area (Å²) in [7, 11) is 0. The van der Waals surface area contributed by atoms with Crippen LogP contribution in [-0.4, -0.2) is 12.3 Å². The lowest BCUT2D eigenvalue weighted by molar-refractivity contribution is 0.996. The van der Waals surface area contributed by atoms with Gasteiger partial charge in [0.1, 0.15) is 0 Å². The maximum absolute atomic E-state index is 5.77. The van der Waals surface area contributed by atoms with E-state index in [1.807, 2.05) is 6.92 Å². The Morgan fingerprint density at radius 1 is 1.54 bits per heavy atom. The van der Waals surface area contributed by atoms with Gasteiger partial charge >= 0.3 is 0 Å². The van der Waals surface area contributed by atoms with Crippen LogP contribution in [0.15, 0.2) is 23.2 Å². The van der Waals surface area contributed by atoms with Crippen LogP contribution in [0.5, 0.6) is 0 Å². The van der Waals surface area contributed by atoms with Crippen LogP contribution in [-0.2, 0) is 0 Å². The summed E-state index contributed by atoms with van der Waals surface area (Å²) in [6.45, 7) is 1.84. The third-order valence-electron chi connectivity index (χ3n) is 1.44. The summed E-state index contributed by atoms with van der Waals surface area (Å²) in [4.78, 5) is 4.11. The Bertz CT molecular complexity index is 321. The summed E-state index contributed by atoms with van der Waals surface area (Å²) in [5.41, 5.74) is 12.4. The van der Waals surface area contributed by atoms with Crippen LogP contribution in [0.3, 0.4) is 0 Å². The van der Waals surface area contributed by atoms with Crippen molar-refractivity contribution in [2.75, 3.05) is 5.73 Å². The Labute approximate surface area is 82.4 Å². The van der Waals surface area contributed by atoms with E-state index in [0.717, 1.165) is 0 Å². The van der Waals surface area contributed by atoms with Gasteiger partial charge in [0.25, 0.3) is 0 Å². The number of hydrogen-bond acceptors (Lipinski definition) is 3. The Morgan fingerprint density at radius 3 is 2.85 bits per heavy atom. The van der Waals surface area contributed by atoms with E-state index in [0.29, 0.717) is 16.4 Å². The maximum atomic E-state index is 5.77. The molecule has 4 heteroatoms. The predicted octanol–water partition coefficient (Wildman–Crippen LogP) is 1.97. The van der Waals surface area contributed by atoms with Crippen molar-refractivity contribution in [2.45, 2.75) is 13.0 Å². The van der Waals surface area contributed by atoms with E-state index < -0.39 is 0 Å². The number of halogens is 1. The maximum Gasteiger partial charge on any atom is 0.0870 e. The molecule has 0 saturated heterocycles. The van der Waals surface area contributed by atoms with Crippen LogP contribution in [0.4, 0.5) is 11.4 Å². The SMILES string of the molecule is CC(N)C=Nc1cc(Cl)ccc1N. The third-order valence-corrected chi connectivity index (χ3v) is 1.68. The zero-order valence-electron chi connectivity index (χ0n) is 7.37. The van der Waals surface area contributed by atoms with Gasteiger partial charge in [-0.05, 0) is 25.1 Å². The molecule has 0 amide bonds. The van der Waals surface area contributed by atoms with Gasteiger partial charge in [0.2, 0.25) is 0 Å². The van der Waals surface area contributed by atoms with Crippen molar-refractivity contribution in [3.05, 3.63) is 23.2 Å². The number of nitrogens with two attached hydrogens (primary N) is 2. The van der Waals surface area contributed by atoms with Crippen molar-refractivity contribution in [3.63, 3.8) is 0 Å². The minimum absolute atomic E-state index is 0.0848. The van der Waals surface area contributed by atoms with E-state index in [1.54, 1.807) is 24.4 Å². The van der Waals surface area contributed by atoms with Gasteiger partial charge in [-0.3, -0.25) is 4.99 Å². The molecule has 1 aromatic rings. The van der Waals surface area contributed by atoms with Gasteiger partial charge in [-0.25, -0.2) is 0 Å². The van der Waals surface area contributed by atoms with Crippen LogP contribution in [0.25, 0.3) is 0 Å². The van der Waals surface area contributed by atoms with Crippen molar-refractivity contribution >= 4 is 29.2 Å². The fourth-order valence-electron chi connectivity index (χ4n) is 0.826. The zero-order valence-corrected chi connectivity index (χ0v) is 8.12. The summed E-state index contributed by atoms with van der Waals surface area (Å²) >= 11 is 5.77. The van der Waals surface area contributed by atoms with E-state index in [1.165, 1.54) is 0 Å². The minimum Gasteiger partial charge on any atom is -0.397 e. The van der Waals surface area contributed by atoms with E-state index in [9.17, 15) is 0 Å². The largest absolute Gasteiger partial charge is 0.397 e. The lowest BCUT2D eigenvalue weighted by Gasteiger charge is -2.00. The fourth-order valence-corrected chi connectivity index (χ4v) is 0.993. The van der Waals surface area contributed by atoms with Crippen molar-refractivity contribution in [1.82, 2.24) is 0 Å². The molecule has 13 heavy (non-hydrogen) atoms. The highest BCUT2D eigenvalue weighted by atomic mass is 35.5. The number of rotatable bonds is 2. The lowest BCUT2D eigenvalue weighted by Crippen LogP contribution is -2.15. The molecule has 0 aliphatic carbocycles. The molecule has 1 unspecified atom stereocenters. The molecule has 70 valence electrons. The molecule has 0 spiro atoms. The standard InChI is InChI=1S/C9H12ClN3/c1-6(11)5-13-9-4-7(10)2-3-8(9)12/h2-6H,11-12H2,1H3. The van der Waals surface area contributed by atoms with Gasteiger partial charge in [-0.15, -0.1) is 0 Å². The molecule has 0 aliphatic rings. The normalized spacial score (nSPS) is 13.5. The molecule has 0 aliphatic heterocycles. The molecule has 0 aromatic heterocycles. The number of anilines is 1. The average Bonchev–Trinajstić information content (AvgIpc) is 2.06. The summed E-state index contributed by atoms with van der Waals surface area (Å²) in [6.07, 6.45) is 1.63.